The molecule has 1 aromatic rings. The Morgan fingerprint density at radius 1 is 1.46 bits per heavy atom. The van der Waals surface area contributed by atoms with E-state index in [2.05, 4.69) is 4.98 Å². The Labute approximate surface area is 81.2 Å². The van der Waals surface area contributed by atoms with Crippen molar-refractivity contribution in [2.24, 2.45) is 0 Å². The number of hydrogen-bond acceptors (Lipinski definition) is 3. The molecular formula is C8H8ClNO2S. The van der Waals surface area contributed by atoms with Crippen LogP contribution in [0.4, 0.5) is 0 Å². The maximum atomic E-state index is 11.1. The second-order valence-corrected chi connectivity index (χ2v) is 5.59. The Hall–Kier alpha value is -0.610. The highest BCUT2D eigenvalue weighted by molar-refractivity contribution is 8.13. The monoisotopic (exact) mass is 217 g/mol. The molecule has 5 heteroatoms. The van der Waals surface area contributed by atoms with Gasteiger partial charge in [0, 0.05) is 16.9 Å². The number of rotatable bonds is 2. The lowest BCUT2D eigenvalue weighted by Gasteiger charge is -2.02. The first-order valence-electron chi connectivity index (χ1n) is 3.98. The van der Waals surface area contributed by atoms with Crippen LogP contribution in [-0.4, -0.2) is 13.4 Å². The largest absolute Gasteiger partial charge is 0.278 e. The van der Waals surface area contributed by atoms with E-state index < -0.39 is 9.05 Å². The molecule has 1 saturated carbocycles. The Balaban J connectivity index is 2.55. The first kappa shape index (κ1) is 8.97. The van der Waals surface area contributed by atoms with Gasteiger partial charge in [-0.3, -0.25) is 0 Å². The van der Waals surface area contributed by atoms with E-state index in [9.17, 15) is 8.42 Å². The lowest BCUT2D eigenvalue weighted by molar-refractivity contribution is 0.604. The van der Waals surface area contributed by atoms with E-state index in [0.717, 1.165) is 18.4 Å². The first-order valence-corrected chi connectivity index (χ1v) is 6.29. The summed E-state index contributed by atoms with van der Waals surface area (Å²) in [5.74, 6) is 0.345. The molecule has 2 rings (SSSR count). The molecule has 1 aromatic heterocycles. The van der Waals surface area contributed by atoms with Gasteiger partial charge < -0.3 is 0 Å². The Morgan fingerprint density at radius 2 is 2.15 bits per heavy atom. The SMILES string of the molecule is O=S(=O)(Cl)c1ncccc1C1CC1. The smallest absolute Gasteiger partial charge is 0.243 e. The van der Waals surface area contributed by atoms with Crippen molar-refractivity contribution < 1.29 is 8.42 Å². The van der Waals surface area contributed by atoms with Gasteiger partial charge in [0.2, 0.25) is 0 Å². The Morgan fingerprint density at radius 3 is 2.69 bits per heavy atom. The van der Waals surface area contributed by atoms with Crippen molar-refractivity contribution in [3.8, 4) is 0 Å². The van der Waals surface area contributed by atoms with Crippen LogP contribution in [0.2, 0.25) is 0 Å². The molecule has 1 aliphatic rings. The van der Waals surface area contributed by atoms with Crippen molar-refractivity contribution in [1.29, 1.82) is 0 Å². The molecule has 0 aliphatic heterocycles. The molecule has 0 saturated heterocycles. The van der Waals surface area contributed by atoms with Crippen LogP contribution in [0.15, 0.2) is 23.4 Å². The summed E-state index contributed by atoms with van der Waals surface area (Å²) < 4.78 is 22.2. The van der Waals surface area contributed by atoms with Gasteiger partial charge in [-0.1, -0.05) is 6.07 Å². The van der Waals surface area contributed by atoms with Crippen LogP contribution in [0, 0.1) is 0 Å². The zero-order chi connectivity index (χ0) is 9.47. The van der Waals surface area contributed by atoms with Gasteiger partial charge in [0.25, 0.3) is 9.05 Å². The van der Waals surface area contributed by atoms with E-state index in [1.54, 1.807) is 12.1 Å². The topological polar surface area (TPSA) is 47.0 Å². The van der Waals surface area contributed by atoms with Gasteiger partial charge in [-0.15, -0.1) is 0 Å². The van der Waals surface area contributed by atoms with Crippen molar-refractivity contribution >= 4 is 19.7 Å². The quantitative estimate of drug-likeness (QED) is 0.711. The van der Waals surface area contributed by atoms with Crippen molar-refractivity contribution in [2.45, 2.75) is 23.8 Å². The molecule has 0 spiro atoms. The molecule has 1 fully saturated rings. The summed E-state index contributed by atoms with van der Waals surface area (Å²) in [7, 11) is 1.57. The standard InChI is InChI=1S/C8H8ClNO2S/c9-13(11,12)8-7(6-3-4-6)2-1-5-10-8/h1-2,5-6H,3-4H2. The summed E-state index contributed by atoms with van der Waals surface area (Å²) in [6.45, 7) is 0. The van der Waals surface area contributed by atoms with Gasteiger partial charge in [-0.25, -0.2) is 13.4 Å². The summed E-state index contributed by atoms with van der Waals surface area (Å²) in [5.41, 5.74) is 0.762. The molecule has 1 heterocycles. The molecule has 0 atom stereocenters. The molecule has 0 radical (unpaired) electrons. The minimum absolute atomic E-state index is 0.0270. The zero-order valence-electron chi connectivity index (χ0n) is 6.77. The van der Waals surface area contributed by atoms with Crippen molar-refractivity contribution in [3.05, 3.63) is 23.9 Å². The minimum atomic E-state index is -3.68. The van der Waals surface area contributed by atoms with Gasteiger partial charge in [-0.05, 0) is 30.4 Å². The van der Waals surface area contributed by atoms with Gasteiger partial charge >= 0.3 is 0 Å². The molecule has 1 aliphatic carbocycles. The number of nitrogens with zero attached hydrogens (tertiary/aromatic N) is 1. The lowest BCUT2D eigenvalue weighted by atomic mass is 10.2. The van der Waals surface area contributed by atoms with E-state index in [-0.39, 0.29) is 5.03 Å². The average Bonchev–Trinajstić information content (AvgIpc) is 2.85. The summed E-state index contributed by atoms with van der Waals surface area (Å²) in [6, 6.07) is 3.51. The van der Waals surface area contributed by atoms with Crippen molar-refractivity contribution in [3.63, 3.8) is 0 Å². The molecule has 13 heavy (non-hydrogen) atoms. The van der Waals surface area contributed by atoms with E-state index >= 15 is 0 Å². The van der Waals surface area contributed by atoms with Crippen LogP contribution in [0.5, 0.6) is 0 Å². The maximum Gasteiger partial charge on any atom is 0.278 e. The number of halogens is 1. The van der Waals surface area contributed by atoms with Crippen LogP contribution in [0.25, 0.3) is 0 Å². The van der Waals surface area contributed by atoms with E-state index in [0.29, 0.717) is 5.92 Å². The highest BCUT2D eigenvalue weighted by Crippen LogP contribution is 2.42. The molecule has 0 unspecified atom stereocenters. The minimum Gasteiger partial charge on any atom is -0.243 e. The highest BCUT2D eigenvalue weighted by atomic mass is 35.7. The summed E-state index contributed by atoms with van der Waals surface area (Å²) in [5, 5.41) is 0.0270. The van der Waals surface area contributed by atoms with Crippen LogP contribution in [-0.2, 0) is 9.05 Å². The second kappa shape index (κ2) is 2.96. The van der Waals surface area contributed by atoms with Crippen molar-refractivity contribution in [2.75, 3.05) is 0 Å². The summed E-state index contributed by atoms with van der Waals surface area (Å²) in [6.07, 6.45) is 3.51. The molecule has 3 nitrogen and oxygen atoms in total. The molecule has 0 bridgehead atoms. The number of pyridine rings is 1. The Kier molecular flexibility index (Phi) is 2.04. The van der Waals surface area contributed by atoms with E-state index in [1.807, 2.05) is 0 Å². The number of aromatic nitrogens is 1. The molecule has 0 aromatic carbocycles. The molecule has 70 valence electrons. The Bertz CT molecular complexity index is 426. The maximum absolute atomic E-state index is 11.1. The van der Waals surface area contributed by atoms with E-state index in [1.165, 1.54) is 6.20 Å². The fraction of sp³-hybridized carbons (Fsp3) is 0.375. The lowest BCUT2D eigenvalue weighted by Crippen LogP contribution is -1.99. The van der Waals surface area contributed by atoms with Gasteiger partial charge in [-0.2, -0.15) is 0 Å². The van der Waals surface area contributed by atoms with Crippen LogP contribution >= 0.6 is 10.7 Å². The normalized spacial score (nSPS) is 17.3. The summed E-state index contributed by atoms with van der Waals surface area (Å²) in [4.78, 5) is 3.79. The third-order valence-corrected chi connectivity index (χ3v) is 3.29. The van der Waals surface area contributed by atoms with Gasteiger partial charge in [0.1, 0.15) is 0 Å². The third kappa shape index (κ3) is 1.84. The average molecular weight is 218 g/mol. The van der Waals surface area contributed by atoms with Crippen LogP contribution in [0.1, 0.15) is 24.3 Å². The van der Waals surface area contributed by atoms with Gasteiger partial charge in [0.15, 0.2) is 5.03 Å². The van der Waals surface area contributed by atoms with Crippen molar-refractivity contribution in [1.82, 2.24) is 4.98 Å². The second-order valence-electron chi connectivity index (χ2n) is 3.11. The highest BCUT2D eigenvalue weighted by Gasteiger charge is 2.30. The third-order valence-electron chi connectivity index (χ3n) is 2.05. The van der Waals surface area contributed by atoms with Gasteiger partial charge in [0.05, 0.1) is 0 Å². The molecular weight excluding hydrogens is 210 g/mol. The number of hydrogen-bond donors (Lipinski definition) is 0. The van der Waals surface area contributed by atoms with Crippen LogP contribution < -0.4 is 0 Å². The molecule has 0 N–H and O–H groups in total. The first-order chi connectivity index (χ1) is 6.09. The zero-order valence-corrected chi connectivity index (χ0v) is 8.35. The fourth-order valence-electron chi connectivity index (χ4n) is 1.31. The predicted molar refractivity (Wildman–Crippen MR) is 49.3 cm³/mol. The van der Waals surface area contributed by atoms with Crippen LogP contribution in [0.3, 0.4) is 0 Å². The fourth-order valence-corrected chi connectivity index (χ4v) is 2.40. The predicted octanol–water partition coefficient (Wildman–Crippen LogP) is 1.89. The van der Waals surface area contributed by atoms with E-state index in [4.69, 9.17) is 10.7 Å². The molecule has 0 amide bonds. The summed E-state index contributed by atoms with van der Waals surface area (Å²) >= 11 is 0.